The first-order chi connectivity index (χ1) is 71.4. The molecule has 6 heteroatoms. The summed E-state index contributed by atoms with van der Waals surface area (Å²) < 4.78 is 18.9. The molecule has 3 aromatic heterocycles. The highest BCUT2D eigenvalue weighted by molar-refractivity contribution is 6.20. The number of hydrogen-bond acceptors (Lipinski definition) is 6. The van der Waals surface area contributed by atoms with Gasteiger partial charge in [0.15, 0.2) is 0 Å². The standard InChI is InChI=1S/C50H33NO.2C44H29NO/c1-2-9-34(10-3-1)35-17-19-36(20-18-35)37-23-28-42(29-24-37)51(47-15-8-12-40-22-21-39-11-4-5-13-44(39)50(40)47)43-30-25-38(26-31-43)41-27-32-49-46(33-41)45-14-6-7-16-48(45)52-49;1-2-12-30(13-3-1)35-16-6-8-21-40(35)45(41-22-10-15-33-25-24-31-14-4-5-17-36(31)43(33)41)34-28-26-32(27-29-34)37-19-11-20-39-38-18-7-9-23-42(38)46-44(37)39;1-2-10-30(11-3-1)31-22-26-35(27-23-31)45(41-18-8-13-34-21-20-32-12-4-5-14-37(32)43(34)41)36-28-24-33(25-29-36)38-16-9-17-40-39-15-6-7-19-42(39)46-44(38)40/h1-33H;2*1-29H. The zero-order valence-corrected chi connectivity index (χ0v) is 78.6. The fourth-order valence-corrected chi connectivity index (χ4v) is 21.4. The molecule has 28 rings (SSSR count). The molecule has 0 radical (unpaired) electrons. The Kier molecular flexibility index (Phi) is 21.9. The Morgan fingerprint density at radius 3 is 0.778 bits per heavy atom. The summed E-state index contributed by atoms with van der Waals surface area (Å²) in [5, 5.41) is 21.6. The van der Waals surface area contributed by atoms with Crippen molar-refractivity contribution in [2.75, 3.05) is 14.7 Å². The van der Waals surface area contributed by atoms with Crippen LogP contribution in [0.5, 0.6) is 0 Å². The van der Waals surface area contributed by atoms with Crippen LogP contribution in [0.3, 0.4) is 0 Å². The lowest BCUT2D eigenvalue weighted by Gasteiger charge is -2.29. The monoisotopic (exact) mass is 1840 g/mol. The van der Waals surface area contributed by atoms with Crippen LogP contribution in [0.2, 0.25) is 0 Å². The van der Waals surface area contributed by atoms with E-state index in [1.807, 2.05) is 36.4 Å². The highest BCUT2D eigenvalue weighted by Crippen LogP contribution is 2.51. The second-order valence-electron chi connectivity index (χ2n) is 36.8. The quantitative estimate of drug-likeness (QED) is 0.0899. The number of furan rings is 3. The van der Waals surface area contributed by atoms with E-state index in [1.54, 1.807) is 0 Å². The van der Waals surface area contributed by atoms with Crippen LogP contribution in [-0.2, 0) is 0 Å². The molecule has 25 aromatic carbocycles. The van der Waals surface area contributed by atoms with Gasteiger partial charge in [-0.3, -0.25) is 0 Å². The van der Waals surface area contributed by atoms with Crippen molar-refractivity contribution in [1.82, 2.24) is 0 Å². The Bertz CT molecular complexity index is 9680. The van der Waals surface area contributed by atoms with Crippen molar-refractivity contribution in [2.45, 2.75) is 0 Å². The van der Waals surface area contributed by atoms with Crippen molar-refractivity contribution in [2.24, 2.45) is 0 Å². The van der Waals surface area contributed by atoms with E-state index in [0.29, 0.717) is 0 Å². The molecular formula is C138H91N3O3. The maximum Gasteiger partial charge on any atom is 0.143 e. The summed E-state index contributed by atoms with van der Waals surface area (Å²) in [6.45, 7) is 0. The maximum absolute atomic E-state index is 6.40. The van der Waals surface area contributed by atoms with Gasteiger partial charge in [0.25, 0.3) is 0 Å². The predicted molar refractivity (Wildman–Crippen MR) is 608 cm³/mol. The van der Waals surface area contributed by atoms with Gasteiger partial charge in [0.2, 0.25) is 0 Å². The van der Waals surface area contributed by atoms with Crippen LogP contribution in [-0.4, -0.2) is 0 Å². The van der Waals surface area contributed by atoms with Crippen LogP contribution in [0.4, 0.5) is 51.2 Å². The highest BCUT2D eigenvalue weighted by Gasteiger charge is 2.26. The molecule has 28 aromatic rings. The summed E-state index contributed by atoms with van der Waals surface area (Å²) in [5.41, 5.74) is 31.9. The molecule has 0 bridgehead atoms. The molecular weight excluding hydrogens is 1750 g/mol. The van der Waals surface area contributed by atoms with E-state index in [1.165, 1.54) is 109 Å². The lowest BCUT2D eigenvalue weighted by atomic mass is 9.97. The van der Waals surface area contributed by atoms with Crippen LogP contribution in [0.15, 0.2) is 565 Å². The molecule has 3 heterocycles. The SMILES string of the molecule is c1ccc(-c2ccc(-c3ccc(N(c4ccc(-c5ccc6oc7ccccc7c6c5)cc4)c4cccc5ccc6ccccc6c45)cc3)cc2)cc1.c1ccc(-c2ccc(N(c3ccc(-c4cccc5c4oc4ccccc45)cc3)c3cccc4ccc5ccccc5c34)cc2)cc1.c1ccc(-c2ccccc2N(c2ccc(-c3cccc4c3oc3ccccc34)cc2)c2cccc3ccc4ccccc4c23)cc1. The van der Waals surface area contributed by atoms with E-state index in [-0.39, 0.29) is 0 Å². The topological polar surface area (TPSA) is 49.1 Å². The smallest absolute Gasteiger partial charge is 0.143 e. The van der Waals surface area contributed by atoms with Gasteiger partial charge in [-0.25, -0.2) is 0 Å². The third kappa shape index (κ3) is 15.8. The molecule has 0 spiro atoms. The predicted octanol–water partition coefficient (Wildman–Crippen LogP) is 39.8. The first-order valence-electron chi connectivity index (χ1n) is 49.1. The van der Waals surface area contributed by atoms with Gasteiger partial charge >= 0.3 is 0 Å². The largest absolute Gasteiger partial charge is 0.456 e. The van der Waals surface area contributed by atoms with Crippen molar-refractivity contribution in [1.29, 1.82) is 0 Å². The molecule has 0 N–H and O–H groups in total. The zero-order valence-electron chi connectivity index (χ0n) is 78.6. The van der Waals surface area contributed by atoms with Crippen molar-refractivity contribution < 1.29 is 13.3 Å². The van der Waals surface area contributed by atoms with E-state index >= 15 is 0 Å². The highest BCUT2D eigenvalue weighted by atomic mass is 16.3. The average Bonchev–Trinajstić information content (AvgIpc) is 0.791. The lowest BCUT2D eigenvalue weighted by Crippen LogP contribution is -2.12. The molecule has 0 unspecified atom stereocenters. The zero-order chi connectivity index (χ0) is 95.3. The van der Waals surface area contributed by atoms with Gasteiger partial charge in [0.1, 0.15) is 33.5 Å². The minimum atomic E-state index is 0.909. The summed E-state index contributed by atoms with van der Waals surface area (Å²) in [5.74, 6) is 0. The summed E-state index contributed by atoms with van der Waals surface area (Å²) >= 11 is 0. The summed E-state index contributed by atoms with van der Waals surface area (Å²) in [4.78, 5) is 7.20. The van der Waals surface area contributed by atoms with E-state index in [4.69, 9.17) is 13.3 Å². The summed E-state index contributed by atoms with van der Waals surface area (Å²) in [6.07, 6.45) is 0. The van der Waals surface area contributed by atoms with Gasteiger partial charge in [-0.1, -0.05) is 437 Å². The molecule has 0 aliphatic heterocycles. The van der Waals surface area contributed by atoms with Gasteiger partial charge < -0.3 is 28.0 Å². The Hall–Kier alpha value is -19.1. The van der Waals surface area contributed by atoms with E-state index in [2.05, 4.69) is 530 Å². The Labute approximate surface area is 833 Å². The van der Waals surface area contributed by atoms with Crippen LogP contribution >= 0.6 is 0 Å². The van der Waals surface area contributed by atoms with Gasteiger partial charge in [-0.2, -0.15) is 0 Å². The third-order valence-corrected chi connectivity index (χ3v) is 28.4. The minimum absolute atomic E-state index is 0.909. The van der Waals surface area contributed by atoms with Crippen LogP contribution in [0, 0.1) is 0 Å². The van der Waals surface area contributed by atoms with E-state index < -0.39 is 0 Å². The first-order valence-corrected chi connectivity index (χ1v) is 49.1. The molecule has 144 heavy (non-hydrogen) atoms. The molecule has 0 atom stereocenters. The minimum Gasteiger partial charge on any atom is -0.456 e. The van der Waals surface area contributed by atoms with Crippen LogP contribution in [0.25, 0.3) is 208 Å². The van der Waals surface area contributed by atoms with E-state index in [0.717, 1.165) is 150 Å². The second kappa shape index (κ2) is 37.0. The van der Waals surface area contributed by atoms with Gasteiger partial charge in [-0.05, 0) is 225 Å². The van der Waals surface area contributed by atoms with Gasteiger partial charge in [0, 0.05) is 93.6 Å². The molecule has 676 valence electrons. The Balaban J connectivity index is 0.000000110. The maximum atomic E-state index is 6.40. The molecule has 0 saturated carbocycles. The Morgan fingerprint density at radius 1 is 0.125 bits per heavy atom. The van der Waals surface area contributed by atoms with Crippen molar-refractivity contribution in [3.8, 4) is 77.9 Å². The van der Waals surface area contributed by atoms with E-state index in [9.17, 15) is 0 Å². The van der Waals surface area contributed by atoms with Gasteiger partial charge in [0.05, 0.1) is 22.7 Å². The van der Waals surface area contributed by atoms with Crippen LogP contribution < -0.4 is 14.7 Å². The van der Waals surface area contributed by atoms with Crippen molar-refractivity contribution in [3.05, 3.63) is 552 Å². The normalized spacial score (nSPS) is 11.5. The molecule has 6 nitrogen and oxygen atoms in total. The second-order valence-corrected chi connectivity index (χ2v) is 36.8. The third-order valence-electron chi connectivity index (χ3n) is 28.4. The molecule has 0 amide bonds. The summed E-state index contributed by atoms with van der Waals surface area (Å²) in [7, 11) is 0. The molecule has 0 aliphatic rings. The number of nitrogens with zero attached hydrogens (tertiary/aromatic N) is 3. The number of fused-ring (bicyclic) bond motifs is 18. The lowest BCUT2D eigenvalue weighted by molar-refractivity contribution is 0.669. The van der Waals surface area contributed by atoms with Crippen molar-refractivity contribution >= 4 is 182 Å². The molecule has 0 fully saturated rings. The average molecular weight is 1840 g/mol. The fraction of sp³-hybridized carbons (Fsp3) is 0. The fourth-order valence-electron chi connectivity index (χ4n) is 21.4. The number of hydrogen-bond donors (Lipinski definition) is 0. The number of para-hydroxylation sites is 6. The first kappa shape index (κ1) is 85.3. The number of anilines is 9. The molecule has 0 aliphatic carbocycles. The van der Waals surface area contributed by atoms with Crippen molar-refractivity contribution in [3.63, 3.8) is 0 Å². The molecule has 0 saturated heterocycles. The number of rotatable bonds is 16. The van der Waals surface area contributed by atoms with Crippen LogP contribution in [0.1, 0.15) is 0 Å². The summed E-state index contributed by atoms with van der Waals surface area (Å²) in [6, 6.07) is 197. The Morgan fingerprint density at radius 2 is 0.368 bits per heavy atom. The number of benzene rings is 25. The van der Waals surface area contributed by atoms with Gasteiger partial charge in [-0.15, -0.1) is 0 Å².